The van der Waals surface area contributed by atoms with Crippen molar-refractivity contribution in [3.05, 3.63) is 28.3 Å². The standard InChI is InChI=1S/C14H20ClNO2/c1-9-7-12(18-4)11(15)8-10(9)13(17)14(2,3)5-6-16/h7-8H,5-6,16H2,1-4H3. The molecule has 18 heavy (non-hydrogen) atoms. The zero-order valence-electron chi connectivity index (χ0n) is 11.3. The number of ether oxygens (including phenoxy) is 1. The van der Waals surface area contributed by atoms with Gasteiger partial charge in [0.25, 0.3) is 0 Å². The Morgan fingerprint density at radius 2 is 2.06 bits per heavy atom. The fraction of sp³-hybridized carbons (Fsp3) is 0.500. The summed E-state index contributed by atoms with van der Waals surface area (Å²) in [5, 5.41) is 0.454. The van der Waals surface area contributed by atoms with E-state index in [4.69, 9.17) is 22.1 Å². The minimum Gasteiger partial charge on any atom is -0.495 e. The van der Waals surface area contributed by atoms with Crippen molar-refractivity contribution in [3.8, 4) is 5.75 Å². The van der Waals surface area contributed by atoms with E-state index < -0.39 is 5.41 Å². The molecule has 2 N–H and O–H groups in total. The quantitative estimate of drug-likeness (QED) is 0.835. The lowest BCUT2D eigenvalue weighted by Gasteiger charge is -2.23. The monoisotopic (exact) mass is 269 g/mol. The molecular formula is C14H20ClNO2. The molecule has 0 saturated heterocycles. The average Bonchev–Trinajstić information content (AvgIpc) is 2.30. The molecule has 0 atom stereocenters. The lowest BCUT2D eigenvalue weighted by molar-refractivity contribution is 0.0829. The maximum atomic E-state index is 12.5. The third-order valence-corrected chi connectivity index (χ3v) is 3.42. The molecule has 0 fully saturated rings. The number of hydrogen-bond acceptors (Lipinski definition) is 3. The van der Waals surface area contributed by atoms with E-state index in [0.29, 0.717) is 29.3 Å². The lowest BCUT2D eigenvalue weighted by atomic mass is 9.80. The number of Topliss-reactive ketones (excluding diaryl/α,β-unsaturated/α-hetero) is 1. The highest BCUT2D eigenvalue weighted by Crippen LogP contribution is 2.32. The minimum atomic E-state index is -0.475. The maximum absolute atomic E-state index is 12.5. The molecule has 0 heterocycles. The second kappa shape index (κ2) is 5.72. The van der Waals surface area contributed by atoms with Crippen LogP contribution in [0.4, 0.5) is 0 Å². The van der Waals surface area contributed by atoms with Crippen LogP contribution in [-0.4, -0.2) is 19.4 Å². The van der Waals surface area contributed by atoms with Gasteiger partial charge in [-0.1, -0.05) is 25.4 Å². The van der Waals surface area contributed by atoms with Crippen LogP contribution < -0.4 is 10.5 Å². The molecule has 0 aliphatic rings. The number of halogens is 1. The highest BCUT2D eigenvalue weighted by atomic mass is 35.5. The summed E-state index contributed by atoms with van der Waals surface area (Å²) in [6, 6.07) is 3.46. The second-order valence-electron chi connectivity index (χ2n) is 5.05. The number of carbonyl (C=O) groups excluding carboxylic acids is 1. The van der Waals surface area contributed by atoms with Crippen LogP contribution in [0.2, 0.25) is 5.02 Å². The van der Waals surface area contributed by atoms with Crippen LogP contribution in [-0.2, 0) is 0 Å². The zero-order chi connectivity index (χ0) is 13.9. The Morgan fingerprint density at radius 1 is 1.44 bits per heavy atom. The van der Waals surface area contributed by atoms with Crippen molar-refractivity contribution < 1.29 is 9.53 Å². The van der Waals surface area contributed by atoms with Gasteiger partial charge in [-0.25, -0.2) is 0 Å². The highest BCUT2D eigenvalue weighted by Gasteiger charge is 2.29. The molecule has 0 saturated carbocycles. The molecule has 3 nitrogen and oxygen atoms in total. The van der Waals surface area contributed by atoms with Crippen LogP contribution in [0.15, 0.2) is 12.1 Å². The number of nitrogens with two attached hydrogens (primary N) is 1. The molecule has 0 aliphatic heterocycles. The van der Waals surface area contributed by atoms with Gasteiger partial charge in [-0.3, -0.25) is 4.79 Å². The largest absolute Gasteiger partial charge is 0.495 e. The summed E-state index contributed by atoms with van der Waals surface area (Å²) in [6.45, 7) is 6.17. The van der Waals surface area contributed by atoms with Gasteiger partial charge in [-0.2, -0.15) is 0 Å². The molecule has 0 spiro atoms. The van der Waals surface area contributed by atoms with Gasteiger partial charge in [0, 0.05) is 11.0 Å². The highest BCUT2D eigenvalue weighted by molar-refractivity contribution is 6.32. The van der Waals surface area contributed by atoms with Crippen molar-refractivity contribution in [2.75, 3.05) is 13.7 Å². The third-order valence-electron chi connectivity index (χ3n) is 3.13. The fourth-order valence-corrected chi connectivity index (χ4v) is 2.14. The first-order valence-electron chi connectivity index (χ1n) is 5.92. The smallest absolute Gasteiger partial charge is 0.168 e. The van der Waals surface area contributed by atoms with Gasteiger partial charge in [0.15, 0.2) is 5.78 Å². The molecule has 0 radical (unpaired) electrons. The van der Waals surface area contributed by atoms with Crippen molar-refractivity contribution in [2.24, 2.45) is 11.1 Å². The van der Waals surface area contributed by atoms with Crippen LogP contribution in [0.25, 0.3) is 0 Å². The molecule has 0 aliphatic carbocycles. The van der Waals surface area contributed by atoms with Gasteiger partial charge in [-0.15, -0.1) is 0 Å². The summed E-state index contributed by atoms with van der Waals surface area (Å²) < 4.78 is 5.13. The van der Waals surface area contributed by atoms with Crippen LogP contribution >= 0.6 is 11.6 Å². The average molecular weight is 270 g/mol. The van der Waals surface area contributed by atoms with E-state index in [1.165, 1.54) is 0 Å². The molecule has 1 rings (SSSR count). The molecule has 4 heteroatoms. The van der Waals surface area contributed by atoms with E-state index >= 15 is 0 Å². The first kappa shape index (κ1) is 15.0. The van der Waals surface area contributed by atoms with E-state index in [9.17, 15) is 4.79 Å². The van der Waals surface area contributed by atoms with Crippen LogP contribution in [0.1, 0.15) is 36.2 Å². The van der Waals surface area contributed by atoms with Crippen LogP contribution in [0.5, 0.6) is 5.75 Å². The van der Waals surface area contributed by atoms with Crippen molar-refractivity contribution in [1.82, 2.24) is 0 Å². The summed E-state index contributed by atoms with van der Waals surface area (Å²) in [4.78, 5) is 12.5. The predicted octanol–water partition coefficient (Wildman–Crippen LogP) is 3.21. The molecule has 0 amide bonds. The van der Waals surface area contributed by atoms with Gasteiger partial charge >= 0.3 is 0 Å². The molecule has 0 unspecified atom stereocenters. The minimum absolute atomic E-state index is 0.0648. The zero-order valence-corrected chi connectivity index (χ0v) is 12.1. The normalized spacial score (nSPS) is 11.4. The summed E-state index contributed by atoms with van der Waals surface area (Å²) in [7, 11) is 1.56. The number of aryl methyl sites for hydroxylation is 1. The molecule has 1 aromatic rings. The van der Waals surface area contributed by atoms with Gasteiger partial charge in [0.1, 0.15) is 5.75 Å². The van der Waals surface area contributed by atoms with Gasteiger partial charge < -0.3 is 10.5 Å². The number of hydrogen-bond donors (Lipinski definition) is 1. The number of ketones is 1. The molecule has 0 aromatic heterocycles. The van der Waals surface area contributed by atoms with Crippen molar-refractivity contribution >= 4 is 17.4 Å². The van der Waals surface area contributed by atoms with Gasteiger partial charge in [-0.05, 0) is 37.6 Å². The van der Waals surface area contributed by atoms with Crippen LogP contribution in [0.3, 0.4) is 0 Å². The summed E-state index contributed by atoms with van der Waals surface area (Å²) in [5.74, 6) is 0.650. The van der Waals surface area contributed by atoms with Crippen molar-refractivity contribution in [3.63, 3.8) is 0 Å². The van der Waals surface area contributed by atoms with Crippen molar-refractivity contribution in [1.29, 1.82) is 0 Å². The third kappa shape index (κ3) is 3.03. The lowest BCUT2D eigenvalue weighted by Crippen LogP contribution is -2.28. The first-order chi connectivity index (χ1) is 8.33. The van der Waals surface area contributed by atoms with Gasteiger partial charge in [0.05, 0.1) is 12.1 Å². The maximum Gasteiger partial charge on any atom is 0.168 e. The Bertz CT molecular complexity index is 455. The number of methoxy groups -OCH3 is 1. The van der Waals surface area contributed by atoms with Gasteiger partial charge in [0.2, 0.25) is 0 Å². The number of benzene rings is 1. The molecule has 0 bridgehead atoms. The summed E-state index contributed by atoms with van der Waals surface area (Å²) in [6.07, 6.45) is 0.648. The Kier molecular flexibility index (Phi) is 4.77. The second-order valence-corrected chi connectivity index (χ2v) is 5.46. The Balaban J connectivity index is 3.18. The number of carbonyl (C=O) groups is 1. The van der Waals surface area contributed by atoms with Crippen LogP contribution in [0, 0.1) is 12.3 Å². The van der Waals surface area contributed by atoms with Crippen molar-refractivity contribution in [2.45, 2.75) is 27.2 Å². The Labute approximate surface area is 113 Å². The Morgan fingerprint density at radius 3 is 2.56 bits per heavy atom. The van der Waals surface area contributed by atoms with E-state index in [2.05, 4.69) is 0 Å². The van der Waals surface area contributed by atoms with E-state index in [0.717, 1.165) is 5.56 Å². The fourth-order valence-electron chi connectivity index (χ4n) is 1.90. The Hall–Kier alpha value is -1.06. The van der Waals surface area contributed by atoms with E-state index in [1.807, 2.05) is 20.8 Å². The van der Waals surface area contributed by atoms with E-state index in [1.54, 1.807) is 19.2 Å². The van der Waals surface area contributed by atoms with E-state index in [-0.39, 0.29) is 5.78 Å². The SMILES string of the molecule is COc1cc(C)c(C(=O)C(C)(C)CCN)cc1Cl. The molecule has 100 valence electrons. The predicted molar refractivity (Wildman–Crippen MR) is 74.5 cm³/mol. The topological polar surface area (TPSA) is 52.3 Å². The molecular weight excluding hydrogens is 250 g/mol. The summed E-state index contributed by atoms with van der Waals surface area (Å²) >= 11 is 6.07. The summed E-state index contributed by atoms with van der Waals surface area (Å²) in [5.41, 5.74) is 6.58. The first-order valence-corrected chi connectivity index (χ1v) is 6.30. The molecule has 1 aromatic carbocycles. The number of rotatable bonds is 5.